The molecule has 3 heteroatoms. The van der Waals surface area contributed by atoms with E-state index in [0.717, 1.165) is 13.1 Å². The molecule has 1 aromatic rings. The van der Waals surface area contributed by atoms with Gasteiger partial charge in [-0.25, -0.2) is 4.98 Å². The van der Waals surface area contributed by atoms with E-state index >= 15 is 0 Å². The van der Waals surface area contributed by atoms with Crippen LogP contribution >= 0.6 is 0 Å². The lowest BCUT2D eigenvalue weighted by Crippen LogP contribution is -2.12. The number of rotatable bonds is 4. The molecule has 0 spiro atoms. The standard InChI is InChI=1S/C9H17N3/c1-8(2)6-12-7-11-5-9(12)4-10-3/h5,7-8,10H,4,6H2,1-3H3. The number of hydrogen-bond acceptors (Lipinski definition) is 2. The minimum atomic E-state index is 0.676. The van der Waals surface area contributed by atoms with Crippen LogP contribution in [0, 0.1) is 5.92 Å². The maximum absolute atomic E-state index is 4.12. The molecule has 12 heavy (non-hydrogen) atoms. The molecule has 1 N–H and O–H groups in total. The van der Waals surface area contributed by atoms with Gasteiger partial charge < -0.3 is 9.88 Å². The predicted octanol–water partition coefficient (Wildman–Crippen LogP) is 1.26. The second-order valence-electron chi connectivity index (χ2n) is 3.46. The number of nitrogens with zero attached hydrogens (tertiary/aromatic N) is 2. The molecule has 0 aliphatic heterocycles. The average Bonchev–Trinajstić information content (AvgIpc) is 2.37. The van der Waals surface area contributed by atoms with Gasteiger partial charge in [-0.3, -0.25) is 0 Å². The van der Waals surface area contributed by atoms with Crippen LogP contribution in [0.2, 0.25) is 0 Å². The Morgan fingerprint density at radius 1 is 1.58 bits per heavy atom. The van der Waals surface area contributed by atoms with Crippen molar-refractivity contribution in [3.05, 3.63) is 18.2 Å². The number of nitrogens with one attached hydrogen (secondary N) is 1. The molecule has 0 atom stereocenters. The summed E-state index contributed by atoms with van der Waals surface area (Å²) in [6.07, 6.45) is 3.81. The normalized spacial score (nSPS) is 11.0. The molecule has 1 rings (SSSR count). The Balaban J connectivity index is 2.63. The molecule has 1 heterocycles. The Hall–Kier alpha value is -0.830. The molecule has 0 amide bonds. The highest BCUT2D eigenvalue weighted by atomic mass is 15.1. The predicted molar refractivity (Wildman–Crippen MR) is 49.8 cm³/mol. The van der Waals surface area contributed by atoms with Gasteiger partial charge in [-0.15, -0.1) is 0 Å². The second-order valence-corrected chi connectivity index (χ2v) is 3.46. The van der Waals surface area contributed by atoms with Gasteiger partial charge in [-0.2, -0.15) is 0 Å². The van der Waals surface area contributed by atoms with Crippen molar-refractivity contribution in [3.63, 3.8) is 0 Å². The Bertz CT molecular complexity index is 227. The number of hydrogen-bond donors (Lipinski definition) is 1. The monoisotopic (exact) mass is 167 g/mol. The molecule has 0 aliphatic carbocycles. The molecule has 0 aromatic carbocycles. The van der Waals surface area contributed by atoms with Crippen molar-refractivity contribution in [3.8, 4) is 0 Å². The number of aromatic nitrogens is 2. The van der Waals surface area contributed by atoms with Crippen LogP contribution in [-0.2, 0) is 13.1 Å². The van der Waals surface area contributed by atoms with Crippen LogP contribution in [-0.4, -0.2) is 16.6 Å². The van der Waals surface area contributed by atoms with E-state index in [0.29, 0.717) is 5.92 Å². The van der Waals surface area contributed by atoms with Crippen molar-refractivity contribution < 1.29 is 0 Å². The molecule has 0 saturated carbocycles. The third-order valence-corrected chi connectivity index (χ3v) is 1.72. The molecule has 0 saturated heterocycles. The van der Waals surface area contributed by atoms with Gasteiger partial charge in [-0.05, 0) is 13.0 Å². The van der Waals surface area contributed by atoms with Crippen LogP contribution in [0.1, 0.15) is 19.5 Å². The van der Waals surface area contributed by atoms with Crippen LogP contribution in [0.5, 0.6) is 0 Å². The maximum atomic E-state index is 4.12. The van der Waals surface area contributed by atoms with E-state index in [-0.39, 0.29) is 0 Å². The van der Waals surface area contributed by atoms with Crippen LogP contribution in [0.3, 0.4) is 0 Å². The highest BCUT2D eigenvalue weighted by Crippen LogP contribution is 2.03. The van der Waals surface area contributed by atoms with Gasteiger partial charge in [-0.1, -0.05) is 13.8 Å². The lowest BCUT2D eigenvalue weighted by molar-refractivity contribution is 0.505. The van der Waals surface area contributed by atoms with Gasteiger partial charge in [0, 0.05) is 19.3 Å². The average molecular weight is 167 g/mol. The van der Waals surface area contributed by atoms with Crippen LogP contribution in [0.25, 0.3) is 0 Å². The largest absolute Gasteiger partial charge is 0.333 e. The summed E-state index contributed by atoms with van der Waals surface area (Å²) < 4.78 is 2.20. The summed E-state index contributed by atoms with van der Waals surface area (Å²) in [5.41, 5.74) is 1.26. The highest BCUT2D eigenvalue weighted by molar-refractivity contribution is 4.97. The third kappa shape index (κ3) is 2.34. The zero-order valence-corrected chi connectivity index (χ0v) is 8.04. The van der Waals surface area contributed by atoms with E-state index in [1.54, 1.807) is 0 Å². The summed E-state index contributed by atoms with van der Waals surface area (Å²) in [4.78, 5) is 4.12. The van der Waals surface area contributed by atoms with Gasteiger partial charge >= 0.3 is 0 Å². The van der Waals surface area contributed by atoms with Gasteiger partial charge in [0.1, 0.15) is 0 Å². The lowest BCUT2D eigenvalue weighted by Gasteiger charge is -2.09. The van der Waals surface area contributed by atoms with Crippen LogP contribution in [0.15, 0.2) is 12.5 Å². The van der Waals surface area contributed by atoms with E-state index in [1.165, 1.54) is 5.69 Å². The first-order chi connectivity index (χ1) is 5.74. The maximum Gasteiger partial charge on any atom is 0.0948 e. The molecule has 0 bridgehead atoms. The third-order valence-electron chi connectivity index (χ3n) is 1.72. The molecule has 1 aromatic heterocycles. The summed E-state index contributed by atoms with van der Waals surface area (Å²) in [7, 11) is 1.95. The van der Waals surface area contributed by atoms with Crippen molar-refractivity contribution in [1.29, 1.82) is 0 Å². The van der Waals surface area contributed by atoms with Gasteiger partial charge in [0.25, 0.3) is 0 Å². The fourth-order valence-electron chi connectivity index (χ4n) is 1.23. The summed E-state index contributed by atoms with van der Waals surface area (Å²) >= 11 is 0. The summed E-state index contributed by atoms with van der Waals surface area (Å²) in [6.45, 7) is 6.37. The van der Waals surface area contributed by atoms with Crippen molar-refractivity contribution >= 4 is 0 Å². The zero-order valence-electron chi connectivity index (χ0n) is 8.04. The molecule has 0 fully saturated rings. The molecule has 68 valence electrons. The smallest absolute Gasteiger partial charge is 0.0948 e. The second kappa shape index (κ2) is 4.26. The van der Waals surface area contributed by atoms with E-state index in [1.807, 2.05) is 19.6 Å². The Morgan fingerprint density at radius 3 is 2.92 bits per heavy atom. The first-order valence-electron chi connectivity index (χ1n) is 4.37. The van der Waals surface area contributed by atoms with Crippen molar-refractivity contribution in [2.24, 2.45) is 5.92 Å². The minimum absolute atomic E-state index is 0.676. The van der Waals surface area contributed by atoms with E-state index < -0.39 is 0 Å². The van der Waals surface area contributed by atoms with Crippen molar-refractivity contribution in [2.45, 2.75) is 26.9 Å². The zero-order chi connectivity index (χ0) is 8.97. The molecule has 3 nitrogen and oxygen atoms in total. The molecular formula is C9H17N3. The van der Waals surface area contributed by atoms with E-state index in [9.17, 15) is 0 Å². The van der Waals surface area contributed by atoms with Crippen LogP contribution < -0.4 is 5.32 Å². The summed E-state index contributed by atoms with van der Waals surface area (Å²) in [5, 5.41) is 3.12. The topological polar surface area (TPSA) is 29.9 Å². The number of imidazole rings is 1. The van der Waals surface area contributed by atoms with E-state index in [4.69, 9.17) is 0 Å². The Morgan fingerprint density at radius 2 is 2.33 bits per heavy atom. The highest BCUT2D eigenvalue weighted by Gasteiger charge is 2.01. The van der Waals surface area contributed by atoms with Gasteiger partial charge in [0.2, 0.25) is 0 Å². The van der Waals surface area contributed by atoms with E-state index in [2.05, 4.69) is 28.7 Å². The molecule has 0 radical (unpaired) electrons. The van der Waals surface area contributed by atoms with Crippen molar-refractivity contribution in [1.82, 2.24) is 14.9 Å². The summed E-state index contributed by atoms with van der Waals surface area (Å²) in [5.74, 6) is 0.676. The van der Waals surface area contributed by atoms with Crippen LogP contribution in [0.4, 0.5) is 0 Å². The first-order valence-corrected chi connectivity index (χ1v) is 4.37. The summed E-state index contributed by atoms with van der Waals surface area (Å²) in [6, 6.07) is 0. The first kappa shape index (κ1) is 9.26. The fraction of sp³-hybridized carbons (Fsp3) is 0.667. The Labute approximate surface area is 73.8 Å². The molecular weight excluding hydrogens is 150 g/mol. The Kier molecular flexibility index (Phi) is 3.29. The van der Waals surface area contributed by atoms with Gasteiger partial charge in [0.05, 0.1) is 12.0 Å². The fourth-order valence-corrected chi connectivity index (χ4v) is 1.23. The SMILES string of the molecule is CNCc1cncn1CC(C)C. The lowest BCUT2D eigenvalue weighted by atomic mass is 10.2. The van der Waals surface area contributed by atoms with Crippen molar-refractivity contribution in [2.75, 3.05) is 7.05 Å². The molecule has 0 aliphatic rings. The molecule has 0 unspecified atom stereocenters. The quantitative estimate of drug-likeness (QED) is 0.731. The minimum Gasteiger partial charge on any atom is -0.333 e. The van der Waals surface area contributed by atoms with Gasteiger partial charge in [0.15, 0.2) is 0 Å².